The summed E-state index contributed by atoms with van der Waals surface area (Å²) in [6.07, 6.45) is 0.828. The molecular formula is C21H20N4O2S. The molecule has 0 aliphatic heterocycles. The van der Waals surface area contributed by atoms with Crippen molar-refractivity contribution in [2.75, 3.05) is 5.75 Å². The van der Waals surface area contributed by atoms with Gasteiger partial charge in [0, 0.05) is 19.5 Å². The predicted octanol–water partition coefficient (Wildman–Crippen LogP) is 3.11. The number of benzene rings is 2. The van der Waals surface area contributed by atoms with E-state index >= 15 is 0 Å². The van der Waals surface area contributed by atoms with Crippen molar-refractivity contribution in [1.29, 1.82) is 5.26 Å². The van der Waals surface area contributed by atoms with Gasteiger partial charge in [-0.3, -0.25) is 14.2 Å². The molecule has 142 valence electrons. The van der Waals surface area contributed by atoms with Gasteiger partial charge in [-0.15, -0.1) is 0 Å². The van der Waals surface area contributed by atoms with Crippen LogP contribution < -0.4 is 10.9 Å². The molecule has 3 aromatic rings. The number of nitrogens with zero attached hydrogens (tertiary/aromatic N) is 3. The lowest BCUT2D eigenvalue weighted by atomic mass is 10.2. The van der Waals surface area contributed by atoms with Crippen LogP contribution in [0.4, 0.5) is 0 Å². The Balaban J connectivity index is 1.65. The van der Waals surface area contributed by atoms with Gasteiger partial charge in [0.25, 0.3) is 5.56 Å². The molecule has 6 nitrogen and oxygen atoms in total. The molecule has 0 unspecified atom stereocenters. The van der Waals surface area contributed by atoms with Crippen molar-refractivity contribution in [2.24, 2.45) is 0 Å². The van der Waals surface area contributed by atoms with Gasteiger partial charge >= 0.3 is 0 Å². The Morgan fingerprint density at radius 1 is 1.14 bits per heavy atom. The number of aromatic nitrogens is 2. The lowest BCUT2D eigenvalue weighted by Crippen LogP contribution is -2.26. The number of amides is 1. The number of hydrogen-bond acceptors (Lipinski definition) is 5. The van der Waals surface area contributed by atoms with Crippen LogP contribution in [-0.4, -0.2) is 21.2 Å². The van der Waals surface area contributed by atoms with E-state index in [1.165, 1.54) is 11.8 Å². The summed E-state index contributed by atoms with van der Waals surface area (Å²) in [5.41, 5.74) is 1.52. The highest BCUT2D eigenvalue weighted by Crippen LogP contribution is 2.17. The molecule has 0 spiro atoms. The minimum atomic E-state index is -0.143. The lowest BCUT2D eigenvalue weighted by Gasteiger charge is -2.12. The Kier molecular flexibility index (Phi) is 6.82. The van der Waals surface area contributed by atoms with Crippen molar-refractivity contribution in [3.63, 3.8) is 0 Å². The maximum atomic E-state index is 12.8. The summed E-state index contributed by atoms with van der Waals surface area (Å²) in [7, 11) is 0. The number of carbonyl (C=O) groups excluding carboxylic acids is 1. The maximum Gasteiger partial charge on any atom is 0.262 e. The molecule has 0 saturated heterocycles. The number of nitriles is 1. The first-order chi connectivity index (χ1) is 13.7. The second-order valence-corrected chi connectivity index (χ2v) is 7.12. The molecular weight excluding hydrogens is 372 g/mol. The number of nitrogens with one attached hydrogen (secondary N) is 1. The molecule has 0 radical (unpaired) electrons. The van der Waals surface area contributed by atoms with Crippen molar-refractivity contribution in [3.8, 4) is 6.07 Å². The van der Waals surface area contributed by atoms with Gasteiger partial charge in [-0.25, -0.2) is 4.98 Å². The van der Waals surface area contributed by atoms with Gasteiger partial charge in [-0.1, -0.05) is 54.2 Å². The topological polar surface area (TPSA) is 87.8 Å². The van der Waals surface area contributed by atoms with Crippen molar-refractivity contribution >= 4 is 28.6 Å². The van der Waals surface area contributed by atoms with E-state index in [0.717, 1.165) is 5.56 Å². The molecule has 3 rings (SSSR count). The highest BCUT2D eigenvalue weighted by atomic mass is 32.2. The van der Waals surface area contributed by atoms with Crippen molar-refractivity contribution in [3.05, 3.63) is 70.5 Å². The van der Waals surface area contributed by atoms with Gasteiger partial charge in [-0.05, 0) is 24.1 Å². The smallest absolute Gasteiger partial charge is 0.262 e. The Morgan fingerprint density at radius 2 is 1.89 bits per heavy atom. The molecule has 1 aromatic heterocycles. The minimum absolute atomic E-state index is 0.0584. The number of fused-ring (bicyclic) bond motifs is 1. The number of thioether (sulfide) groups is 1. The summed E-state index contributed by atoms with van der Waals surface area (Å²) in [4.78, 5) is 29.4. The van der Waals surface area contributed by atoms with Crippen LogP contribution in [-0.2, 0) is 17.9 Å². The molecule has 0 atom stereocenters. The quantitative estimate of drug-likeness (QED) is 0.470. The summed E-state index contributed by atoms with van der Waals surface area (Å²) in [6, 6.07) is 18.9. The van der Waals surface area contributed by atoms with Crippen LogP contribution in [0.2, 0.25) is 0 Å². The molecule has 2 aromatic carbocycles. The van der Waals surface area contributed by atoms with Gasteiger partial charge in [0.15, 0.2) is 5.16 Å². The minimum Gasteiger partial charge on any atom is -0.352 e. The van der Waals surface area contributed by atoms with E-state index in [0.29, 0.717) is 42.0 Å². The van der Waals surface area contributed by atoms with Gasteiger partial charge in [-0.2, -0.15) is 5.26 Å². The first kappa shape index (κ1) is 19.6. The Labute approximate surface area is 167 Å². The highest BCUT2D eigenvalue weighted by Gasteiger charge is 2.12. The van der Waals surface area contributed by atoms with E-state index < -0.39 is 0 Å². The average Bonchev–Trinajstić information content (AvgIpc) is 2.73. The Bertz CT molecular complexity index is 1060. The van der Waals surface area contributed by atoms with Crippen molar-refractivity contribution in [1.82, 2.24) is 14.9 Å². The zero-order valence-corrected chi connectivity index (χ0v) is 16.1. The Hall–Kier alpha value is -3.11. The van der Waals surface area contributed by atoms with E-state index in [4.69, 9.17) is 5.26 Å². The van der Waals surface area contributed by atoms with Gasteiger partial charge < -0.3 is 5.32 Å². The molecule has 0 aliphatic carbocycles. The second-order valence-electron chi connectivity index (χ2n) is 6.18. The molecule has 1 N–H and O–H groups in total. The van der Waals surface area contributed by atoms with E-state index in [2.05, 4.69) is 16.4 Å². The molecule has 1 amide bonds. The molecule has 0 bridgehead atoms. The van der Waals surface area contributed by atoms with Crippen LogP contribution in [0.15, 0.2) is 64.5 Å². The number of rotatable bonds is 8. The maximum absolute atomic E-state index is 12.8. The summed E-state index contributed by atoms with van der Waals surface area (Å²) in [5.74, 6) is 0.152. The van der Waals surface area contributed by atoms with Crippen LogP contribution in [0.3, 0.4) is 0 Å². The zero-order chi connectivity index (χ0) is 19.8. The largest absolute Gasteiger partial charge is 0.352 e. The molecule has 0 saturated carbocycles. The van der Waals surface area contributed by atoms with E-state index in [1.54, 1.807) is 22.8 Å². The zero-order valence-electron chi connectivity index (χ0n) is 15.3. The summed E-state index contributed by atoms with van der Waals surface area (Å²) < 4.78 is 1.56. The fraction of sp³-hybridized carbons (Fsp3) is 0.238. The van der Waals surface area contributed by atoms with Crippen LogP contribution in [0.1, 0.15) is 18.4 Å². The van der Waals surface area contributed by atoms with Crippen LogP contribution in [0, 0.1) is 11.3 Å². The second kappa shape index (κ2) is 9.72. The summed E-state index contributed by atoms with van der Waals surface area (Å²) >= 11 is 1.23. The van der Waals surface area contributed by atoms with E-state index in [1.807, 2.05) is 36.4 Å². The molecule has 28 heavy (non-hydrogen) atoms. The molecule has 1 heterocycles. The SMILES string of the molecule is N#CCSc1nc2ccccc2c(=O)n1CCCC(=O)NCc1ccccc1. The third kappa shape index (κ3) is 4.99. The number of hydrogen-bond donors (Lipinski definition) is 1. The van der Waals surface area contributed by atoms with Gasteiger partial charge in [0.05, 0.1) is 22.7 Å². The first-order valence-electron chi connectivity index (χ1n) is 8.99. The monoisotopic (exact) mass is 392 g/mol. The Morgan fingerprint density at radius 3 is 2.68 bits per heavy atom. The predicted molar refractivity (Wildman–Crippen MR) is 110 cm³/mol. The standard InChI is InChI=1S/C21H20N4O2S/c22-12-14-28-21-24-18-10-5-4-9-17(18)20(27)25(21)13-6-11-19(26)23-15-16-7-2-1-3-8-16/h1-5,7-10H,6,11,13-15H2,(H,23,26). The van der Waals surface area contributed by atoms with Crippen LogP contribution in [0.25, 0.3) is 10.9 Å². The van der Waals surface area contributed by atoms with Gasteiger partial charge in [0.1, 0.15) is 0 Å². The van der Waals surface area contributed by atoms with Crippen LogP contribution >= 0.6 is 11.8 Å². The van der Waals surface area contributed by atoms with E-state index in [-0.39, 0.29) is 17.2 Å². The van der Waals surface area contributed by atoms with Gasteiger partial charge in [0.2, 0.25) is 5.91 Å². The van der Waals surface area contributed by atoms with E-state index in [9.17, 15) is 9.59 Å². The molecule has 7 heteroatoms. The average molecular weight is 392 g/mol. The van der Waals surface area contributed by atoms with Crippen molar-refractivity contribution in [2.45, 2.75) is 31.1 Å². The fourth-order valence-electron chi connectivity index (χ4n) is 2.83. The number of carbonyl (C=O) groups is 1. The van der Waals surface area contributed by atoms with Crippen molar-refractivity contribution < 1.29 is 4.79 Å². The van der Waals surface area contributed by atoms with Crippen LogP contribution in [0.5, 0.6) is 0 Å². The lowest BCUT2D eigenvalue weighted by molar-refractivity contribution is -0.121. The molecule has 0 aliphatic rings. The summed E-state index contributed by atoms with van der Waals surface area (Å²) in [5, 5.41) is 12.8. The summed E-state index contributed by atoms with van der Waals surface area (Å²) in [6.45, 7) is 0.865. The normalized spacial score (nSPS) is 10.5. The third-order valence-corrected chi connectivity index (χ3v) is 5.05. The first-order valence-corrected chi connectivity index (χ1v) is 9.97. The highest BCUT2D eigenvalue weighted by molar-refractivity contribution is 7.99. The molecule has 0 fully saturated rings. The number of para-hydroxylation sites is 1. The fourth-order valence-corrected chi connectivity index (χ4v) is 3.52. The third-order valence-electron chi connectivity index (χ3n) is 4.21.